The van der Waals surface area contributed by atoms with Gasteiger partial charge in [0.15, 0.2) is 16.8 Å². The van der Waals surface area contributed by atoms with Crippen LogP contribution >= 0.6 is 0 Å². The highest BCUT2D eigenvalue weighted by Gasteiger charge is 2.32. The summed E-state index contributed by atoms with van der Waals surface area (Å²) in [6, 6.07) is 18.4. The molecule has 0 spiro atoms. The molecule has 166 valence electrons. The number of hydrogen-bond donors (Lipinski definition) is 1. The van der Waals surface area contributed by atoms with Crippen molar-refractivity contribution in [1.82, 2.24) is 4.98 Å². The molecule has 2 heterocycles. The van der Waals surface area contributed by atoms with Gasteiger partial charge < -0.3 is 14.5 Å². The Kier molecular flexibility index (Phi) is 4.58. The molecule has 6 nitrogen and oxygen atoms in total. The molecule has 1 aliphatic carbocycles. The first-order chi connectivity index (χ1) is 16.7. The maximum Gasteiger partial charge on any atom is 0.225 e. The Morgan fingerprint density at radius 2 is 1.71 bits per heavy atom. The van der Waals surface area contributed by atoms with E-state index in [1.54, 1.807) is 18.2 Å². The van der Waals surface area contributed by atoms with Gasteiger partial charge in [0.1, 0.15) is 11.2 Å². The number of anilines is 2. The number of benzene rings is 4. The molecule has 0 saturated carbocycles. The standard InChI is InChI=1S/C27H19B2N3O3/c1-27(2)13-25(34)30-20-7-4-15(10-19(20)27)14-3-6-17-18(9-14)22(33)12-24-26(17)31-21-8-5-16(32(28)29)11-23(21)35-24/h3-12H,13H2,1-2H3,(H,30,34). The third-order valence-electron chi connectivity index (χ3n) is 6.69. The molecule has 2 aliphatic heterocycles. The van der Waals surface area contributed by atoms with Crippen LogP contribution in [-0.4, -0.2) is 26.9 Å². The molecule has 6 rings (SSSR count). The Morgan fingerprint density at radius 3 is 2.51 bits per heavy atom. The monoisotopic (exact) mass is 455 g/mol. The minimum Gasteiger partial charge on any atom is -0.478 e. The lowest BCUT2D eigenvalue weighted by molar-refractivity contribution is -0.117. The zero-order valence-corrected chi connectivity index (χ0v) is 19.3. The molecule has 1 amide bonds. The number of amides is 1. The molecule has 0 fully saturated rings. The summed E-state index contributed by atoms with van der Waals surface area (Å²) in [5.41, 5.74) is 5.66. The predicted molar refractivity (Wildman–Crippen MR) is 140 cm³/mol. The van der Waals surface area contributed by atoms with Crippen LogP contribution in [0, 0.1) is 0 Å². The Hall–Kier alpha value is -4.06. The van der Waals surface area contributed by atoms with Gasteiger partial charge in [-0.3, -0.25) is 9.59 Å². The quantitative estimate of drug-likeness (QED) is 0.237. The highest BCUT2D eigenvalue weighted by molar-refractivity contribution is 6.41. The van der Waals surface area contributed by atoms with E-state index in [1.165, 1.54) is 6.07 Å². The van der Waals surface area contributed by atoms with Gasteiger partial charge in [0.2, 0.25) is 21.9 Å². The van der Waals surface area contributed by atoms with E-state index in [0.29, 0.717) is 40.0 Å². The van der Waals surface area contributed by atoms with Crippen molar-refractivity contribution in [2.75, 3.05) is 10.0 Å². The van der Waals surface area contributed by atoms with E-state index in [2.05, 4.69) is 25.2 Å². The lowest BCUT2D eigenvalue weighted by Gasteiger charge is -2.32. The predicted octanol–water partition coefficient (Wildman–Crippen LogP) is 4.71. The van der Waals surface area contributed by atoms with E-state index in [9.17, 15) is 9.59 Å². The first kappa shape index (κ1) is 21.5. The first-order valence-corrected chi connectivity index (χ1v) is 11.3. The summed E-state index contributed by atoms with van der Waals surface area (Å²) < 4.78 is 7.00. The van der Waals surface area contributed by atoms with Gasteiger partial charge >= 0.3 is 0 Å². The summed E-state index contributed by atoms with van der Waals surface area (Å²) in [7, 11) is 11.2. The molecule has 3 aliphatic rings. The van der Waals surface area contributed by atoms with Gasteiger partial charge in [0, 0.05) is 46.1 Å². The van der Waals surface area contributed by atoms with E-state index in [1.807, 2.05) is 30.3 Å². The van der Waals surface area contributed by atoms with Gasteiger partial charge in [-0.15, -0.1) is 0 Å². The molecular weight excluding hydrogens is 436 g/mol. The third kappa shape index (κ3) is 3.48. The second-order valence-electron chi connectivity index (χ2n) is 9.62. The molecule has 8 heteroatoms. The second-order valence-corrected chi connectivity index (χ2v) is 9.62. The molecule has 35 heavy (non-hydrogen) atoms. The van der Waals surface area contributed by atoms with Crippen molar-refractivity contribution in [3.8, 4) is 22.6 Å². The molecule has 3 aromatic carbocycles. The van der Waals surface area contributed by atoms with E-state index in [0.717, 1.165) is 32.5 Å². The van der Waals surface area contributed by atoms with Crippen molar-refractivity contribution in [2.24, 2.45) is 0 Å². The van der Waals surface area contributed by atoms with Crippen LogP contribution in [0.3, 0.4) is 0 Å². The number of nitrogens with one attached hydrogen (secondary N) is 1. The normalized spacial score (nSPS) is 14.7. The minimum absolute atomic E-state index is 0.0221. The fourth-order valence-corrected chi connectivity index (χ4v) is 4.89. The summed E-state index contributed by atoms with van der Waals surface area (Å²) in [6.45, 7) is 4.13. The van der Waals surface area contributed by atoms with Crippen LogP contribution in [0.4, 0.5) is 11.4 Å². The summed E-state index contributed by atoms with van der Waals surface area (Å²) in [4.78, 5) is 29.9. The minimum atomic E-state index is -0.276. The maximum absolute atomic E-state index is 13.1. The number of hydrogen-bond acceptors (Lipinski definition) is 5. The maximum atomic E-state index is 13.1. The van der Waals surface area contributed by atoms with Crippen LogP contribution < -0.4 is 15.5 Å². The zero-order valence-electron chi connectivity index (χ0n) is 19.3. The Labute approximate surface area is 204 Å². The number of nitrogens with zero attached hydrogens (tertiary/aromatic N) is 2. The Morgan fingerprint density at radius 1 is 0.943 bits per heavy atom. The van der Waals surface area contributed by atoms with Gasteiger partial charge in [0.25, 0.3) is 0 Å². The summed E-state index contributed by atoms with van der Waals surface area (Å²) in [6.07, 6.45) is 0.428. The summed E-state index contributed by atoms with van der Waals surface area (Å²) in [5.74, 6) is 0.417. The van der Waals surface area contributed by atoms with Crippen molar-refractivity contribution in [3.63, 3.8) is 0 Å². The number of carbonyl (C=O) groups excluding carboxylic acids is 1. The van der Waals surface area contributed by atoms with E-state index < -0.39 is 0 Å². The van der Waals surface area contributed by atoms with Crippen LogP contribution in [0.25, 0.3) is 44.5 Å². The highest BCUT2D eigenvalue weighted by atomic mass is 16.3. The van der Waals surface area contributed by atoms with Crippen molar-refractivity contribution in [3.05, 3.63) is 76.5 Å². The van der Waals surface area contributed by atoms with Crippen LogP contribution in [0.5, 0.6) is 0 Å². The van der Waals surface area contributed by atoms with E-state index in [4.69, 9.17) is 25.4 Å². The fraction of sp³-hybridized carbons (Fsp3) is 0.148. The topological polar surface area (TPSA) is 75.4 Å². The Balaban J connectivity index is 1.51. The van der Waals surface area contributed by atoms with E-state index >= 15 is 0 Å². The Bertz CT molecular complexity index is 1710. The molecule has 0 unspecified atom stereocenters. The number of rotatable bonds is 2. The molecule has 3 aromatic rings. The van der Waals surface area contributed by atoms with Crippen molar-refractivity contribution < 1.29 is 9.21 Å². The van der Waals surface area contributed by atoms with Gasteiger partial charge in [0.05, 0.1) is 0 Å². The van der Waals surface area contributed by atoms with Gasteiger partial charge in [-0.1, -0.05) is 32.0 Å². The first-order valence-electron chi connectivity index (χ1n) is 11.3. The molecule has 0 aromatic heterocycles. The fourth-order valence-electron chi connectivity index (χ4n) is 4.89. The van der Waals surface area contributed by atoms with Crippen LogP contribution in [0.2, 0.25) is 0 Å². The van der Waals surface area contributed by atoms with Crippen molar-refractivity contribution >= 4 is 55.1 Å². The number of aromatic nitrogens is 1. The van der Waals surface area contributed by atoms with Gasteiger partial charge in [-0.2, -0.15) is 0 Å². The number of carbonyl (C=O) groups is 1. The van der Waals surface area contributed by atoms with Gasteiger partial charge in [-0.05, 0) is 47.0 Å². The van der Waals surface area contributed by atoms with Crippen LogP contribution in [-0.2, 0) is 10.2 Å². The SMILES string of the molecule is [B]N([B])c1ccc2nc3c4ccc(-c5ccc6c(c5)C(C)(C)CC(=O)N6)cc4c(=O)cc-3oc2c1. The summed E-state index contributed by atoms with van der Waals surface area (Å²) >= 11 is 0. The average molecular weight is 455 g/mol. The lowest BCUT2D eigenvalue weighted by atomic mass is 9.77. The lowest BCUT2D eigenvalue weighted by Crippen LogP contribution is -2.32. The van der Waals surface area contributed by atoms with Crippen molar-refractivity contribution in [1.29, 1.82) is 0 Å². The smallest absolute Gasteiger partial charge is 0.225 e. The summed E-state index contributed by atoms with van der Waals surface area (Å²) in [5, 5.41) is 4.24. The molecule has 0 atom stereocenters. The molecular formula is C27H19B2N3O3. The second kappa shape index (κ2) is 7.47. The largest absolute Gasteiger partial charge is 0.478 e. The highest BCUT2D eigenvalue weighted by Crippen LogP contribution is 2.40. The van der Waals surface area contributed by atoms with E-state index in [-0.39, 0.29) is 16.8 Å². The molecule has 4 radical (unpaired) electrons. The van der Waals surface area contributed by atoms with Crippen LogP contribution in [0.15, 0.2) is 69.9 Å². The molecule has 1 N–H and O–H groups in total. The third-order valence-corrected chi connectivity index (χ3v) is 6.69. The van der Waals surface area contributed by atoms with Gasteiger partial charge in [-0.25, -0.2) is 4.98 Å². The number of fused-ring (bicyclic) bond motifs is 5. The van der Waals surface area contributed by atoms with Crippen molar-refractivity contribution in [2.45, 2.75) is 25.7 Å². The molecule has 0 saturated heterocycles. The average Bonchev–Trinajstić information content (AvgIpc) is 2.82. The van der Waals surface area contributed by atoms with Crippen LogP contribution in [0.1, 0.15) is 25.8 Å². The zero-order chi connectivity index (χ0) is 24.5. The molecule has 0 bridgehead atoms.